The second kappa shape index (κ2) is 12.4. The van der Waals surface area contributed by atoms with Crippen molar-refractivity contribution in [3.8, 4) is 11.5 Å². The van der Waals surface area contributed by atoms with E-state index < -0.39 is 6.10 Å². The van der Waals surface area contributed by atoms with Crippen molar-refractivity contribution in [3.63, 3.8) is 0 Å². The summed E-state index contributed by atoms with van der Waals surface area (Å²) in [6.45, 7) is 5.02. The Balaban J connectivity index is 0.00000168. The van der Waals surface area contributed by atoms with Crippen LogP contribution in [-0.4, -0.2) is 77.4 Å². The predicted molar refractivity (Wildman–Crippen MR) is 152 cm³/mol. The molecule has 0 radical (unpaired) electrons. The van der Waals surface area contributed by atoms with Gasteiger partial charge in [-0.3, -0.25) is 9.69 Å². The van der Waals surface area contributed by atoms with Crippen LogP contribution in [0.5, 0.6) is 11.5 Å². The quantitative estimate of drug-likeness (QED) is 0.556. The molecule has 2 aromatic rings. The Kier molecular flexibility index (Phi) is 9.48. The fourth-order valence-corrected chi connectivity index (χ4v) is 6.44. The lowest BCUT2D eigenvalue weighted by atomic mass is 10.00. The van der Waals surface area contributed by atoms with E-state index in [1.165, 1.54) is 24.0 Å². The van der Waals surface area contributed by atoms with E-state index in [1.54, 1.807) is 4.90 Å². The smallest absolute Gasteiger partial charge is 0.257 e. The molecule has 0 aromatic heterocycles. The molecule has 0 aliphatic carbocycles. The van der Waals surface area contributed by atoms with Crippen molar-refractivity contribution in [1.29, 1.82) is 0 Å². The topological polar surface area (TPSA) is 74.3 Å². The lowest BCUT2D eigenvalue weighted by molar-refractivity contribution is 0.0454. The van der Waals surface area contributed by atoms with Crippen LogP contribution in [0.15, 0.2) is 42.5 Å². The summed E-state index contributed by atoms with van der Waals surface area (Å²) >= 11 is 0. The van der Waals surface area contributed by atoms with E-state index >= 15 is 0 Å². The highest BCUT2D eigenvalue weighted by Gasteiger charge is 2.35. The van der Waals surface area contributed by atoms with Gasteiger partial charge >= 0.3 is 0 Å². The first-order chi connectivity index (χ1) is 17.5. The van der Waals surface area contributed by atoms with Crippen molar-refractivity contribution in [2.24, 2.45) is 0 Å². The van der Waals surface area contributed by atoms with Crippen LogP contribution in [-0.2, 0) is 13.0 Å². The summed E-state index contributed by atoms with van der Waals surface area (Å²) in [7, 11) is 0. The van der Waals surface area contributed by atoms with Gasteiger partial charge in [0.1, 0.15) is 23.7 Å². The monoisotopic (exact) mass is 563 g/mol. The van der Waals surface area contributed by atoms with Crippen LogP contribution in [0.25, 0.3) is 0 Å². The van der Waals surface area contributed by atoms with Gasteiger partial charge in [-0.2, -0.15) is 0 Å². The first-order valence-corrected chi connectivity index (χ1v) is 13.5. The SMILES string of the molecule is C[C@@H]1CN(CC(O)CN2CCc3ccccc3C2)C(=O)c2ccc(OC3CC4CCC(C3)N4)cc2O1.Cl.Cl. The molecule has 3 unspecified atom stereocenters. The van der Waals surface area contributed by atoms with Gasteiger partial charge < -0.3 is 24.8 Å². The van der Waals surface area contributed by atoms with Gasteiger partial charge in [0.25, 0.3) is 5.91 Å². The number of hydrogen-bond donors (Lipinski definition) is 2. The number of carbonyl (C=O) groups is 1. The number of fused-ring (bicyclic) bond motifs is 4. The molecule has 9 heteroatoms. The van der Waals surface area contributed by atoms with Crippen LogP contribution in [0.4, 0.5) is 0 Å². The Labute approximate surface area is 237 Å². The van der Waals surface area contributed by atoms with Crippen molar-refractivity contribution in [2.75, 3.05) is 26.2 Å². The van der Waals surface area contributed by atoms with Crippen LogP contribution in [0, 0.1) is 0 Å². The molecule has 2 saturated heterocycles. The summed E-state index contributed by atoms with van der Waals surface area (Å²) in [6, 6.07) is 15.2. The van der Waals surface area contributed by atoms with Crippen molar-refractivity contribution in [1.82, 2.24) is 15.1 Å². The summed E-state index contributed by atoms with van der Waals surface area (Å²) < 4.78 is 12.5. The standard InChI is InChI=1S/C29H37N3O4.2ClH/c1-19-15-32(18-24(33)17-31-11-10-20-4-2-3-5-21(20)16-31)29(34)27-9-8-25(14-28(27)35-19)36-26-12-22-6-7-23(13-26)30-22;;/h2-5,8-9,14,19,22-24,26,30,33H,6-7,10-13,15-18H2,1H3;2*1H/t19-,22?,23?,24?,26?;;/m1../s1. The number of amides is 1. The minimum absolute atomic E-state index is 0. The second-order valence-electron chi connectivity index (χ2n) is 11.1. The van der Waals surface area contributed by atoms with Gasteiger partial charge in [0.15, 0.2) is 0 Å². The van der Waals surface area contributed by atoms with Gasteiger partial charge in [0.2, 0.25) is 0 Å². The summed E-state index contributed by atoms with van der Waals surface area (Å²) in [6.07, 6.45) is 4.92. The van der Waals surface area contributed by atoms with Gasteiger partial charge in [0.05, 0.1) is 18.2 Å². The number of nitrogens with one attached hydrogen (secondary N) is 1. The van der Waals surface area contributed by atoms with Gasteiger partial charge in [-0.1, -0.05) is 24.3 Å². The van der Waals surface area contributed by atoms with E-state index in [1.807, 2.05) is 25.1 Å². The van der Waals surface area contributed by atoms with Crippen LogP contribution < -0.4 is 14.8 Å². The molecule has 2 N–H and O–H groups in total. The summed E-state index contributed by atoms with van der Waals surface area (Å²) in [4.78, 5) is 17.5. The molecular formula is C29H39Cl2N3O4. The normalized spacial score (nSPS) is 27.1. The van der Waals surface area contributed by atoms with Crippen LogP contribution in [0.3, 0.4) is 0 Å². The number of ether oxygens (including phenoxy) is 2. The number of benzene rings is 2. The van der Waals surface area contributed by atoms with Crippen molar-refractivity contribution in [3.05, 3.63) is 59.2 Å². The fraction of sp³-hybridized carbons (Fsp3) is 0.552. The molecule has 4 atom stereocenters. The molecular weight excluding hydrogens is 525 g/mol. The number of aliphatic hydroxyl groups is 1. The minimum Gasteiger partial charge on any atom is -0.490 e. The lowest BCUT2D eigenvalue weighted by Crippen LogP contribution is -2.45. The van der Waals surface area contributed by atoms with Gasteiger partial charge in [-0.25, -0.2) is 0 Å². The molecule has 4 aliphatic rings. The van der Waals surface area contributed by atoms with Gasteiger partial charge in [-0.15, -0.1) is 24.8 Å². The molecule has 2 fully saturated rings. The Morgan fingerprint density at radius 2 is 1.82 bits per heavy atom. The van der Waals surface area contributed by atoms with E-state index in [9.17, 15) is 9.90 Å². The average Bonchev–Trinajstić information content (AvgIpc) is 3.15. The number of halogens is 2. The number of rotatable bonds is 6. The predicted octanol–water partition coefficient (Wildman–Crippen LogP) is 3.83. The van der Waals surface area contributed by atoms with E-state index in [-0.39, 0.29) is 42.9 Å². The Morgan fingerprint density at radius 3 is 2.58 bits per heavy atom. The van der Waals surface area contributed by atoms with E-state index in [4.69, 9.17) is 9.47 Å². The average molecular weight is 565 g/mol. The van der Waals surface area contributed by atoms with Crippen molar-refractivity contribution in [2.45, 2.75) is 76.0 Å². The molecule has 2 aromatic carbocycles. The maximum atomic E-state index is 13.4. The fourth-order valence-electron chi connectivity index (χ4n) is 6.44. The van der Waals surface area contributed by atoms with Crippen LogP contribution in [0.2, 0.25) is 0 Å². The highest BCUT2D eigenvalue weighted by molar-refractivity contribution is 5.97. The summed E-state index contributed by atoms with van der Waals surface area (Å²) in [5.74, 6) is 1.24. The molecule has 7 nitrogen and oxygen atoms in total. The first kappa shape index (κ1) is 29.0. The van der Waals surface area contributed by atoms with E-state index in [2.05, 4.69) is 34.5 Å². The van der Waals surface area contributed by atoms with Gasteiger partial charge in [-0.05, 0) is 62.3 Å². The molecule has 4 heterocycles. The Bertz CT molecular complexity index is 1110. The number of aliphatic hydroxyl groups excluding tert-OH is 1. The number of carbonyl (C=O) groups excluding carboxylic acids is 1. The number of β-amino-alcohol motifs (C(OH)–C–C–N with tert-alkyl or cyclic N) is 1. The second-order valence-corrected chi connectivity index (χ2v) is 11.1. The molecule has 0 spiro atoms. The third-order valence-corrected chi connectivity index (χ3v) is 8.12. The number of hydrogen-bond acceptors (Lipinski definition) is 6. The third kappa shape index (κ3) is 6.40. The molecule has 4 aliphatic heterocycles. The highest BCUT2D eigenvalue weighted by Crippen LogP contribution is 2.33. The lowest BCUT2D eigenvalue weighted by Gasteiger charge is -2.32. The molecule has 2 bridgehead atoms. The Morgan fingerprint density at radius 1 is 1.08 bits per heavy atom. The zero-order valence-electron chi connectivity index (χ0n) is 21.9. The van der Waals surface area contributed by atoms with E-state index in [0.717, 1.165) is 38.1 Å². The zero-order chi connectivity index (χ0) is 24.6. The number of nitrogens with zero attached hydrogens (tertiary/aromatic N) is 2. The van der Waals surface area contributed by atoms with Crippen LogP contribution in [0.1, 0.15) is 54.1 Å². The largest absolute Gasteiger partial charge is 0.490 e. The Hall–Kier alpha value is -2.03. The van der Waals surface area contributed by atoms with E-state index in [0.29, 0.717) is 43.0 Å². The zero-order valence-corrected chi connectivity index (χ0v) is 23.5. The molecule has 208 valence electrons. The third-order valence-electron chi connectivity index (χ3n) is 8.12. The molecule has 38 heavy (non-hydrogen) atoms. The summed E-state index contributed by atoms with van der Waals surface area (Å²) in [5, 5.41) is 14.6. The van der Waals surface area contributed by atoms with Crippen molar-refractivity contribution < 1.29 is 19.4 Å². The first-order valence-electron chi connectivity index (χ1n) is 13.5. The van der Waals surface area contributed by atoms with Crippen LogP contribution >= 0.6 is 24.8 Å². The molecule has 6 rings (SSSR count). The highest BCUT2D eigenvalue weighted by atomic mass is 35.5. The summed E-state index contributed by atoms with van der Waals surface area (Å²) in [5.41, 5.74) is 3.26. The minimum atomic E-state index is -0.620. The number of piperidine rings is 1. The van der Waals surface area contributed by atoms with Crippen molar-refractivity contribution >= 4 is 30.7 Å². The maximum Gasteiger partial charge on any atom is 0.257 e. The van der Waals surface area contributed by atoms with Gasteiger partial charge in [0, 0.05) is 44.3 Å². The maximum absolute atomic E-state index is 13.4. The molecule has 0 saturated carbocycles. The molecule has 1 amide bonds.